The highest BCUT2D eigenvalue weighted by Gasteiger charge is 2.24. The minimum atomic E-state index is -0.0105. The Kier molecular flexibility index (Phi) is 4.00. The molecule has 2 aromatic rings. The average molecular weight is 300 g/mol. The highest BCUT2D eigenvalue weighted by Crippen LogP contribution is 2.19. The summed E-state index contributed by atoms with van der Waals surface area (Å²) >= 11 is 0. The van der Waals surface area contributed by atoms with Crippen molar-refractivity contribution in [2.45, 2.75) is 18.9 Å². The molecule has 1 amide bonds. The van der Waals surface area contributed by atoms with Gasteiger partial charge in [0.2, 0.25) is 5.91 Å². The van der Waals surface area contributed by atoms with Crippen LogP contribution in [-0.2, 0) is 18.3 Å². The number of hydrogen-bond acceptors (Lipinski definition) is 4. The number of phenols is 1. The fourth-order valence-corrected chi connectivity index (χ4v) is 2.81. The predicted molar refractivity (Wildman–Crippen MR) is 83.8 cm³/mol. The molecule has 1 aromatic carbocycles. The molecule has 0 aliphatic carbocycles. The molecule has 1 aliphatic heterocycles. The molecule has 6 heteroatoms. The number of aromatic nitrogens is 2. The Morgan fingerprint density at radius 3 is 3.09 bits per heavy atom. The molecule has 2 heterocycles. The fourth-order valence-electron chi connectivity index (χ4n) is 2.81. The van der Waals surface area contributed by atoms with Gasteiger partial charge in [0.05, 0.1) is 18.3 Å². The van der Waals surface area contributed by atoms with Crippen molar-refractivity contribution in [3.8, 4) is 5.75 Å². The maximum atomic E-state index is 12.1. The second-order valence-corrected chi connectivity index (χ2v) is 5.72. The van der Waals surface area contributed by atoms with Gasteiger partial charge in [0.15, 0.2) is 0 Å². The molecule has 1 saturated heterocycles. The molecule has 6 nitrogen and oxygen atoms in total. The number of aryl methyl sites for hydroxylation is 1. The van der Waals surface area contributed by atoms with Crippen LogP contribution in [0.2, 0.25) is 0 Å². The van der Waals surface area contributed by atoms with Crippen molar-refractivity contribution in [2.75, 3.05) is 18.0 Å². The molecule has 0 bridgehead atoms. The van der Waals surface area contributed by atoms with Crippen LogP contribution in [0.15, 0.2) is 36.7 Å². The zero-order valence-corrected chi connectivity index (χ0v) is 12.6. The number of amides is 1. The van der Waals surface area contributed by atoms with E-state index >= 15 is 0 Å². The number of hydrogen-bond donors (Lipinski definition) is 2. The molecule has 116 valence electrons. The molecule has 1 aromatic heterocycles. The van der Waals surface area contributed by atoms with Gasteiger partial charge >= 0.3 is 0 Å². The lowest BCUT2D eigenvalue weighted by atomic mass is 10.1. The average Bonchev–Trinajstić information content (AvgIpc) is 3.07. The monoisotopic (exact) mass is 300 g/mol. The minimum absolute atomic E-state index is 0.0105. The summed E-state index contributed by atoms with van der Waals surface area (Å²) in [5, 5.41) is 16.7. The Labute approximate surface area is 129 Å². The largest absolute Gasteiger partial charge is 0.508 e. The molecule has 0 saturated carbocycles. The van der Waals surface area contributed by atoms with Gasteiger partial charge in [0.25, 0.3) is 0 Å². The quantitative estimate of drug-likeness (QED) is 0.886. The molecule has 1 aliphatic rings. The lowest BCUT2D eigenvalue weighted by molar-refractivity contribution is -0.121. The Hall–Kier alpha value is -2.50. The summed E-state index contributed by atoms with van der Waals surface area (Å²) in [5.74, 6) is 0.178. The summed E-state index contributed by atoms with van der Waals surface area (Å²) in [5.41, 5.74) is 1.91. The van der Waals surface area contributed by atoms with Crippen molar-refractivity contribution in [1.82, 2.24) is 15.1 Å². The third-order valence-electron chi connectivity index (χ3n) is 3.89. The van der Waals surface area contributed by atoms with E-state index in [0.29, 0.717) is 0 Å². The first-order valence-corrected chi connectivity index (χ1v) is 7.41. The number of benzene rings is 1. The molecular formula is C16H20N4O2. The zero-order chi connectivity index (χ0) is 15.5. The van der Waals surface area contributed by atoms with E-state index in [1.807, 2.05) is 25.5 Å². The second kappa shape index (κ2) is 6.09. The van der Waals surface area contributed by atoms with E-state index < -0.39 is 0 Å². The first-order chi connectivity index (χ1) is 10.6. The van der Waals surface area contributed by atoms with E-state index in [9.17, 15) is 9.90 Å². The third-order valence-corrected chi connectivity index (χ3v) is 3.89. The lowest BCUT2D eigenvalue weighted by Crippen LogP contribution is -2.37. The predicted octanol–water partition coefficient (Wildman–Crippen LogP) is 1.06. The number of aromatic hydroxyl groups is 1. The van der Waals surface area contributed by atoms with Crippen LogP contribution in [0.25, 0.3) is 0 Å². The summed E-state index contributed by atoms with van der Waals surface area (Å²) in [6.07, 6.45) is 5.05. The molecule has 22 heavy (non-hydrogen) atoms. The highest BCUT2D eigenvalue weighted by molar-refractivity contribution is 5.79. The van der Waals surface area contributed by atoms with Crippen LogP contribution in [-0.4, -0.2) is 39.9 Å². The Morgan fingerprint density at radius 1 is 1.50 bits per heavy atom. The van der Waals surface area contributed by atoms with E-state index in [1.165, 1.54) is 0 Å². The molecule has 3 rings (SSSR count). The van der Waals surface area contributed by atoms with Gasteiger partial charge in [-0.05, 0) is 24.1 Å². The van der Waals surface area contributed by atoms with E-state index in [4.69, 9.17) is 0 Å². The number of nitrogens with zero attached hydrogens (tertiary/aromatic N) is 3. The van der Waals surface area contributed by atoms with Gasteiger partial charge in [0.1, 0.15) is 5.75 Å². The van der Waals surface area contributed by atoms with Gasteiger partial charge in [-0.15, -0.1) is 0 Å². The fraction of sp³-hybridized carbons (Fsp3) is 0.375. The zero-order valence-electron chi connectivity index (χ0n) is 12.6. The number of carbonyl (C=O) groups excluding carboxylic acids is 1. The van der Waals surface area contributed by atoms with Gasteiger partial charge in [-0.2, -0.15) is 5.10 Å². The molecule has 0 radical (unpaired) electrons. The SMILES string of the molecule is Cn1cc(N2CC[C@H](NC(=O)Cc3cccc(O)c3)C2)cn1. The van der Waals surface area contributed by atoms with Crippen molar-refractivity contribution < 1.29 is 9.90 Å². The van der Waals surface area contributed by atoms with Crippen LogP contribution in [0.4, 0.5) is 5.69 Å². The van der Waals surface area contributed by atoms with Crippen LogP contribution in [0.3, 0.4) is 0 Å². The van der Waals surface area contributed by atoms with Crippen LogP contribution in [0.5, 0.6) is 5.75 Å². The molecule has 0 spiro atoms. The standard InChI is InChI=1S/C16H20N4O2/c1-19-11-14(9-17-19)20-6-5-13(10-20)18-16(22)8-12-3-2-4-15(21)7-12/h2-4,7,9,11,13,21H,5-6,8,10H2,1H3,(H,18,22)/t13-/m0/s1. The molecular weight excluding hydrogens is 280 g/mol. The Balaban J connectivity index is 1.52. The van der Waals surface area contributed by atoms with Crippen LogP contribution >= 0.6 is 0 Å². The summed E-state index contributed by atoms with van der Waals surface area (Å²) < 4.78 is 1.78. The topological polar surface area (TPSA) is 70.4 Å². The van der Waals surface area contributed by atoms with Crippen LogP contribution in [0, 0.1) is 0 Å². The molecule has 2 N–H and O–H groups in total. The molecule has 1 fully saturated rings. The van der Waals surface area contributed by atoms with Crippen LogP contribution < -0.4 is 10.2 Å². The third kappa shape index (κ3) is 3.39. The van der Waals surface area contributed by atoms with Crippen molar-refractivity contribution in [1.29, 1.82) is 0 Å². The van der Waals surface area contributed by atoms with Crippen LogP contribution in [0.1, 0.15) is 12.0 Å². The number of carbonyl (C=O) groups is 1. The van der Waals surface area contributed by atoms with Crippen molar-refractivity contribution in [3.63, 3.8) is 0 Å². The first-order valence-electron chi connectivity index (χ1n) is 7.41. The van der Waals surface area contributed by atoms with Gasteiger partial charge in [-0.3, -0.25) is 9.48 Å². The molecule has 1 atom stereocenters. The molecule has 0 unspecified atom stereocenters. The van der Waals surface area contributed by atoms with Gasteiger partial charge in [0, 0.05) is 32.4 Å². The number of nitrogens with one attached hydrogen (secondary N) is 1. The minimum Gasteiger partial charge on any atom is -0.508 e. The summed E-state index contributed by atoms with van der Waals surface area (Å²) in [6.45, 7) is 1.72. The lowest BCUT2D eigenvalue weighted by Gasteiger charge is -2.17. The smallest absolute Gasteiger partial charge is 0.224 e. The van der Waals surface area contributed by atoms with Gasteiger partial charge < -0.3 is 15.3 Å². The first kappa shape index (κ1) is 14.4. The normalized spacial score (nSPS) is 17.7. The number of phenolic OH excluding ortho intramolecular Hbond substituents is 1. The Bertz CT molecular complexity index is 668. The maximum Gasteiger partial charge on any atom is 0.224 e. The van der Waals surface area contributed by atoms with E-state index in [0.717, 1.165) is 30.8 Å². The maximum absolute atomic E-state index is 12.1. The second-order valence-electron chi connectivity index (χ2n) is 5.72. The number of anilines is 1. The van der Waals surface area contributed by atoms with Crippen molar-refractivity contribution in [3.05, 3.63) is 42.2 Å². The van der Waals surface area contributed by atoms with Crippen molar-refractivity contribution in [2.24, 2.45) is 7.05 Å². The van der Waals surface area contributed by atoms with Gasteiger partial charge in [-0.1, -0.05) is 12.1 Å². The summed E-state index contributed by atoms with van der Waals surface area (Å²) in [4.78, 5) is 14.3. The summed E-state index contributed by atoms with van der Waals surface area (Å²) in [6, 6.07) is 6.97. The van der Waals surface area contributed by atoms with E-state index in [2.05, 4.69) is 15.3 Å². The number of rotatable bonds is 4. The van der Waals surface area contributed by atoms with Gasteiger partial charge in [-0.25, -0.2) is 0 Å². The highest BCUT2D eigenvalue weighted by atomic mass is 16.3. The van der Waals surface area contributed by atoms with E-state index in [-0.39, 0.29) is 24.1 Å². The summed E-state index contributed by atoms with van der Waals surface area (Å²) in [7, 11) is 1.90. The Morgan fingerprint density at radius 2 is 2.36 bits per heavy atom. The van der Waals surface area contributed by atoms with Crippen molar-refractivity contribution >= 4 is 11.6 Å². The van der Waals surface area contributed by atoms with E-state index in [1.54, 1.807) is 22.9 Å².